The number of sulfonamides is 1. The third kappa shape index (κ3) is 5.40. The molecule has 0 unspecified atom stereocenters. The van der Waals surface area contributed by atoms with E-state index in [0.29, 0.717) is 38.0 Å². The van der Waals surface area contributed by atoms with E-state index in [-0.39, 0.29) is 22.5 Å². The van der Waals surface area contributed by atoms with Crippen LogP contribution in [-0.2, 0) is 14.8 Å². The lowest BCUT2D eigenvalue weighted by Crippen LogP contribution is -2.44. The number of carbonyl (C=O) groups excluding carboxylic acids is 2. The fraction of sp³-hybridized carbons (Fsp3) is 0.417. The average Bonchev–Trinajstić information content (AvgIpc) is 2.80. The number of hydrogen-bond donors (Lipinski definition) is 0. The Morgan fingerprint density at radius 2 is 1.61 bits per heavy atom. The van der Waals surface area contributed by atoms with E-state index in [1.54, 1.807) is 0 Å². The van der Waals surface area contributed by atoms with E-state index in [9.17, 15) is 18.0 Å². The molecule has 0 spiro atoms. The molecule has 0 radical (unpaired) electrons. The van der Waals surface area contributed by atoms with Gasteiger partial charge in [-0.25, -0.2) is 8.42 Å². The number of nitrogens with zero attached hydrogens (tertiary/aromatic N) is 2. The number of carbonyl (C=O) groups is 2. The highest BCUT2D eigenvalue weighted by molar-refractivity contribution is 7.89. The number of anilines is 1. The number of ketones is 1. The van der Waals surface area contributed by atoms with E-state index in [2.05, 4.69) is 6.92 Å². The van der Waals surface area contributed by atoms with Gasteiger partial charge in [0.25, 0.3) is 0 Å². The van der Waals surface area contributed by atoms with Crippen molar-refractivity contribution in [2.45, 2.75) is 44.4 Å². The van der Waals surface area contributed by atoms with Gasteiger partial charge in [0, 0.05) is 36.8 Å². The first-order chi connectivity index (χ1) is 14.8. The molecule has 0 bridgehead atoms. The van der Waals surface area contributed by atoms with Crippen LogP contribution in [0.15, 0.2) is 59.5 Å². The van der Waals surface area contributed by atoms with E-state index in [0.717, 1.165) is 18.5 Å². The summed E-state index contributed by atoms with van der Waals surface area (Å²) in [6.07, 6.45) is 2.91. The zero-order valence-corrected chi connectivity index (χ0v) is 19.0. The summed E-state index contributed by atoms with van der Waals surface area (Å²) in [5.41, 5.74) is 1.37. The average molecular weight is 443 g/mol. The molecule has 2 aromatic carbocycles. The van der Waals surface area contributed by atoms with Crippen molar-refractivity contribution in [3.05, 3.63) is 60.2 Å². The van der Waals surface area contributed by atoms with Crippen LogP contribution < -0.4 is 4.90 Å². The Morgan fingerprint density at radius 1 is 1.00 bits per heavy atom. The van der Waals surface area contributed by atoms with Crippen molar-refractivity contribution < 1.29 is 18.0 Å². The molecular weight excluding hydrogens is 412 g/mol. The zero-order valence-electron chi connectivity index (χ0n) is 18.2. The maximum absolute atomic E-state index is 13.3. The van der Waals surface area contributed by atoms with Crippen LogP contribution in [0.1, 0.15) is 49.9 Å². The van der Waals surface area contributed by atoms with Crippen molar-refractivity contribution in [2.24, 2.45) is 5.92 Å². The van der Waals surface area contributed by atoms with Crippen molar-refractivity contribution >= 4 is 27.4 Å². The van der Waals surface area contributed by atoms with Crippen LogP contribution >= 0.6 is 0 Å². The molecule has 0 N–H and O–H groups in total. The maximum atomic E-state index is 13.3. The summed E-state index contributed by atoms with van der Waals surface area (Å²) < 4.78 is 27.4. The van der Waals surface area contributed by atoms with Gasteiger partial charge in [0.05, 0.1) is 4.90 Å². The first-order valence-corrected chi connectivity index (χ1v) is 12.3. The molecule has 6 nitrogen and oxygen atoms in total. The monoisotopic (exact) mass is 442 g/mol. The van der Waals surface area contributed by atoms with Gasteiger partial charge in [-0.2, -0.15) is 4.31 Å². The number of unbranched alkanes of at least 4 members (excludes halogenated alkanes) is 1. The van der Waals surface area contributed by atoms with E-state index < -0.39 is 10.0 Å². The minimum Gasteiger partial charge on any atom is -0.312 e. The van der Waals surface area contributed by atoms with Crippen LogP contribution in [0.5, 0.6) is 0 Å². The van der Waals surface area contributed by atoms with Crippen LogP contribution in [-0.4, -0.2) is 44.0 Å². The Labute approximate surface area is 184 Å². The molecule has 0 atom stereocenters. The molecule has 1 amide bonds. The van der Waals surface area contributed by atoms with Crippen molar-refractivity contribution in [3.8, 4) is 0 Å². The minimum atomic E-state index is -3.64. The number of benzene rings is 2. The quantitative estimate of drug-likeness (QED) is 0.576. The van der Waals surface area contributed by atoms with E-state index >= 15 is 0 Å². The summed E-state index contributed by atoms with van der Waals surface area (Å²) in [5, 5.41) is 0. The largest absolute Gasteiger partial charge is 0.312 e. The van der Waals surface area contributed by atoms with Gasteiger partial charge in [0.1, 0.15) is 0 Å². The standard InChI is InChI=1S/C24H30N2O4S/c1-3-4-16-26(22-8-6-5-7-9-22)24(28)21-14-17-25(18-15-21)31(29,30)23-12-10-20(11-13-23)19(2)27/h5-13,21H,3-4,14-18H2,1-2H3. The van der Waals surface area contributed by atoms with Gasteiger partial charge in [-0.3, -0.25) is 9.59 Å². The lowest BCUT2D eigenvalue weighted by molar-refractivity contribution is -0.123. The molecule has 2 aromatic rings. The van der Waals surface area contributed by atoms with Gasteiger partial charge in [-0.15, -0.1) is 0 Å². The summed E-state index contributed by atoms with van der Waals surface area (Å²) in [7, 11) is -3.64. The van der Waals surface area contributed by atoms with E-state index in [4.69, 9.17) is 0 Å². The number of rotatable bonds is 8. The number of hydrogen-bond acceptors (Lipinski definition) is 4. The fourth-order valence-electron chi connectivity index (χ4n) is 3.86. The second-order valence-corrected chi connectivity index (χ2v) is 9.88. The molecule has 31 heavy (non-hydrogen) atoms. The number of amides is 1. The summed E-state index contributed by atoms with van der Waals surface area (Å²) >= 11 is 0. The summed E-state index contributed by atoms with van der Waals surface area (Å²) in [4.78, 5) is 26.7. The Balaban J connectivity index is 1.68. The van der Waals surface area contributed by atoms with Gasteiger partial charge in [-0.05, 0) is 50.5 Å². The van der Waals surface area contributed by atoms with Crippen molar-refractivity contribution in [1.82, 2.24) is 4.31 Å². The number of para-hydroxylation sites is 1. The topological polar surface area (TPSA) is 74.8 Å². The molecule has 1 heterocycles. The highest BCUT2D eigenvalue weighted by Gasteiger charge is 2.34. The van der Waals surface area contributed by atoms with Crippen LogP contribution in [0.25, 0.3) is 0 Å². The normalized spacial score (nSPS) is 15.5. The van der Waals surface area contributed by atoms with Gasteiger partial charge >= 0.3 is 0 Å². The molecule has 0 aliphatic carbocycles. The lowest BCUT2D eigenvalue weighted by Gasteiger charge is -2.33. The van der Waals surface area contributed by atoms with Gasteiger partial charge < -0.3 is 4.90 Å². The highest BCUT2D eigenvalue weighted by atomic mass is 32.2. The predicted molar refractivity (Wildman–Crippen MR) is 122 cm³/mol. The molecule has 3 rings (SSSR count). The van der Waals surface area contributed by atoms with Gasteiger partial charge in [-0.1, -0.05) is 43.7 Å². The van der Waals surface area contributed by atoms with Crippen molar-refractivity contribution in [2.75, 3.05) is 24.5 Å². The lowest BCUT2D eigenvalue weighted by atomic mass is 9.96. The zero-order chi connectivity index (χ0) is 22.4. The van der Waals surface area contributed by atoms with E-state index in [1.165, 1.54) is 35.5 Å². The molecule has 1 fully saturated rings. The molecule has 1 saturated heterocycles. The second-order valence-electron chi connectivity index (χ2n) is 7.94. The number of Topliss-reactive ketones (excluding diaryl/α,β-unsaturated/α-hetero) is 1. The second kappa shape index (κ2) is 10.2. The van der Waals surface area contributed by atoms with Crippen molar-refractivity contribution in [1.29, 1.82) is 0 Å². The predicted octanol–water partition coefficient (Wildman–Crippen LogP) is 4.12. The first kappa shape index (κ1) is 23.2. The summed E-state index contributed by atoms with van der Waals surface area (Å²) in [6, 6.07) is 15.7. The van der Waals surface area contributed by atoms with Crippen molar-refractivity contribution in [3.63, 3.8) is 0 Å². The van der Waals surface area contributed by atoms with Crippen LogP contribution in [0.3, 0.4) is 0 Å². The third-order valence-corrected chi connectivity index (χ3v) is 7.68. The van der Waals surface area contributed by atoms with Crippen LogP contribution in [0.4, 0.5) is 5.69 Å². The number of piperidine rings is 1. The molecular formula is C24H30N2O4S. The molecule has 7 heteroatoms. The SMILES string of the molecule is CCCCN(C(=O)C1CCN(S(=O)(=O)c2ccc(C(C)=O)cc2)CC1)c1ccccc1. The minimum absolute atomic E-state index is 0.0718. The smallest absolute Gasteiger partial charge is 0.243 e. The molecule has 166 valence electrons. The Morgan fingerprint density at radius 3 is 2.16 bits per heavy atom. The van der Waals surface area contributed by atoms with E-state index in [1.807, 2.05) is 35.2 Å². The van der Waals surface area contributed by atoms with Gasteiger partial charge in [0.2, 0.25) is 15.9 Å². The third-order valence-electron chi connectivity index (χ3n) is 5.77. The maximum Gasteiger partial charge on any atom is 0.243 e. The van der Waals surface area contributed by atoms with Gasteiger partial charge in [0.15, 0.2) is 5.78 Å². The highest BCUT2D eigenvalue weighted by Crippen LogP contribution is 2.27. The molecule has 0 saturated carbocycles. The summed E-state index contributed by atoms with van der Waals surface area (Å²) in [5.74, 6) is -0.222. The summed E-state index contributed by atoms with van der Waals surface area (Å²) in [6.45, 7) is 4.83. The molecule has 1 aliphatic rings. The first-order valence-electron chi connectivity index (χ1n) is 10.8. The Kier molecular flexibility index (Phi) is 7.62. The molecule has 0 aromatic heterocycles. The van der Waals surface area contributed by atoms with Crippen LogP contribution in [0.2, 0.25) is 0 Å². The Hall–Kier alpha value is -2.51. The Bertz CT molecular complexity index is 996. The van der Waals surface area contributed by atoms with Crippen LogP contribution in [0, 0.1) is 5.92 Å². The molecule has 1 aliphatic heterocycles. The fourth-order valence-corrected chi connectivity index (χ4v) is 5.33.